The Morgan fingerprint density at radius 1 is 1.32 bits per heavy atom. The molecule has 1 atom stereocenters. The van der Waals surface area contributed by atoms with Gasteiger partial charge in [0.05, 0.1) is 10.6 Å². The van der Waals surface area contributed by atoms with Crippen LogP contribution in [0, 0.1) is 0 Å². The molecular formula is C15H21BrN2O3S. The van der Waals surface area contributed by atoms with Crippen LogP contribution in [0.2, 0.25) is 0 Å². The molecule has 1 saturated heterocycles. The van der Waals surface area contributed by atoms with Gasteiger partial charge in [-0.05, 0) is 43.5 Å². The smallest absolute Gasteiger partial charge is 0.222 e. The van der Waals surface area contributed by atoms with E-state index in [2.05, 4.69) is 15.9 Å². The molecule has 1 aromatic carbocycles. The number of sulfone groups is 1. The van der Waals surface area contributed by atoms with Crippen molar-refractivity contribution in [2.24, 2.45) is 5.73 Å². The summed E-state index contributed by atoms with van der Waals surface area (Å²) in [6, 6.07) is 6.68. The first-order chi connectivity index (χ1) is 10.4. The Bertz CT molecular complexity index is 616. The summed E-state index contributed by atoms with van der Waals surface area (Å²) in [4.78, 5) is 14.2. The maximum Gasteiger partial charge on any atom is 0.222 e. The highest BCUT2D eigenvalue weighted by atomic mass is 79.9. The zero-order valence-electron chi connectivity index (χ0n) is 12.4. The number of halogens is 1. The summed E-state index contributed by atoms with van der Waals surface area (Å²) in [7, 11) is -3.33. The molecule has 2 N–H and O–H groups in total. The molecule has 1 amide bonds. The van der Waals surface area contributed by atoms with Crippen molar-refractivity contribution in [3.8, 4) is 0 Å². The number of benzene rings is 1. The molecule has 1 aromatic rings. The summed E-state index contributed by atoms with van der Waals surface area (Å²) >= 11 is 3.28. The second-order valence-electron chi connectivity index (χ2n) is 5.50. The highest BCUT2D eigenvalue weighted by molar-refractivity contribution is 9.10. The van der Waals surface area contributed by atoms with Gasteiger partial charge in [0.15, 0.2) is 9.84 Å². The molecule has 5 nitrogen and oxygen atoms in total. The van der Waals surface area contributed by atoms with Gasteiger partial charge >= 0.3 is 0 Å². The number of nitrogens with zero attached hydrogens (tertiary/aromatic N) is 1. The summed E-state index contributed by atoms with van der Waals surface area (Å²) in [6.07, 6.45) is 2.52. The van der Waals surface area contributed by atoms with E-state index < -0.39 is 9.84 Å². The van der Waals surface area contributed by atoms with Crippen LogP contribution in [-0.2, 0) is 14.6 Å². The maximum atomic E-state index is 12.2. The number of carbonyl (C=O) groups is 1. The van der Waals surface area contributed by atoms with Crippen LogP contribution in [0.4, 0.5) is 0 Å². The molecule has 0 saturated carbocycles. The van der Waals surface area contributed by atoms with Crippen LogP contribution in [-0.4, -0.2) is 44.1 Å². The normalized spacial score (nSPS) is 18.6. The average molecular weight is 389 g/mol. The standard InChI is InChI=1S/C15H21BrN2O3S/c16-12-5-7-14(8-6-12)22(20,21)10-2-4-15(19)18-9-1-3-13(18)11-17/h5-8,13H,1-4,9-11,17H2. The molecule has 1 aliphatic heterocycles. The van der Waals surface area contributed by atoms with Gasteiger partial charge in [-0.1, -0.05) is 15.9 Å². The molecule has 0 spiro atoms. The van der Waals surface area contributed by atoms with Crippen molar-refractivity contribution in [2.45, 2.75) is 36.6 Å². The predicted molar refractivity (Wildman–Crippen MR) is 89.2 cm³/mol. The lowest BCUT2D eigenvalue weighted by molar-refractivity contribution is -0.131. The topological polar surface area (TPSA) is 80.5 Å². The summed E-state index contributed by atoms with van der Waals surface area (Å²) in [5.41, 5.74) is 5.65. The monoisotopic (exact) mass is 388 g/mol. The minimum absolute atomic E-state index is 0.0124. The largest absolute Gasteiger partial charge is 0.338 e. The Labute approximate surface area is 139 Å². The van der Waals surface area contributed by atoms with E-state index in [-0.39, 0.29) is 24.1 Å². The van der Waals surface area contributed by atoms with Crippen molar-refractivity contribution in [2.75, 3.05) is 18.8 Å². The molecule has 0 aliphatic carbocycles. The number of rotatable bonds is 6. The van der Waals surface area contributed by atoms with Crippen LogP contribution in [0.25, 0.3) is 0 Å². The average Bonchev–Trinajstić information content (AvgIpc) is 2.96. The van der Waals surface area contributed by atoms with Gasteiger partial charge in [0.2, 0.25) is 5.91 Å². The van der Waals surface area contributed by atoms with E-state index in [1.807, 2.05) is 0 Å². The molecular weight excluding hydrogens is 368 g/mol. The van der Waals surface area contributed by atoms with E-state index in [0.29, 0.717) is 17.9 Å². The number of amides is 1. The minimum Gasteiger partial charge on any atom is -0.338 e. The fourth-order valence-corrected chi connectivity index (χ4v) is 4.30. The van der Waals surface area contributed by atoms with E-state index in [0.717, 1.165) is 23.9 Å². The number of carbonyl (C=O) groups excluding carboxylic acids is 1. The minimum atomic E-state index is -3.33. The number of nitrogens with two attached hydrogens (primary N) is 1. The molecule has 1 aliphatic rings. The lowest BCUT2D eigenvalue weighted by Gasteiger charge is -2.23. The third-order valence-corrected chi connectivity index (χ3v) is 6.29. The first kappa shape index (κ1) is 17.4. The first-order valence-electron chi connectivity index (χ1n) is 7.42. The van der Waals surface area contributed by atoms with Crippen molar-refractivity contribution in [3.63, 3.8) is 0 Å². The fraction of sp³-hybridized carbons (Fsp3) is 0.533. The van der Waals surface area contributed by atoms with Crippen LogP contribution in [0.15, 0.2) is 33.6 Å². The molecule has 0 radical (unpaired) electrons. The zero-order chi connectivity index (χ0) is 16.2. The Balaban J connectivity index is 1.87. The number of likely N-dealkylation sites (tertiary alicyclic amines) is 1. The molecule has 1 unspecified atom stereocenters. The third kappa shape index (κ3) is 4.30. The highest BCUT2D eigenvalue weighted by Crippen LogP contribution is 2.19. The van der Waals surface area contributed by atoms with Crippen molar-refractivity contribution >= 4 is 31.7 Å². The van der Waals surface area contributed by atoms with Crippen molar-refractivity contribution < 1.29 is 13.2 Å². The van der Waals surface area contributed by atoms with E-state index in [1.165, 1.54) is 0 Å². The van der Waals surface area contributed by atoms with Gasteiger partial charge in [-0.2, -0.15) is 0 Å². The SMILES string of the molecule is NCC1CCCN1C(=O)CCCS(=O)(=O)c1ccc(Br)cc1. The van der Waals surface area contributed by atoms with Crippen molar-refractivity contribution in [3.05, 3.63) is 28.7 Å². The molecule has 122 valence electrons. The quantitative estimate of drug-likeness (QED) is 0.807. The van der Waals surface area contributed by atoms with Crippen LogP contribution < -0.4 is 5.73 Å². The van der Waals surface area contributed by atoms with E-state index in [9.17, 15) is 13.2 Å². The molecule has 0 aromatic heterocycles. The summed E-state index contributed by atoms with van der Waals surface area (Å²) in [5.74, 6) is 0.000526. The van der Waals surface area contributed by atoms with Gasteiger partial charge in [-0.3, -0.25) is 4.79 Å². The van der Waals surface area contributed by atoms with E-state index in [4.69, 9.17) is 5.73 Å². The van der Waals surface area contributed by atoms with Crippen molar-refractivity contribution in [1.82, 2.24) is 4.90 Å². The molecule has 0 bridgehead atoms. The van der Waals surface area contributed by atoms with Crippen LogP contribution >= 0.6 is 15.9 Å². The predicted octanol–water partition coefficient (Wildman–Crippen LogP) is 1.95. The van der Waals surface area contributed by atoms with Gasteiger partial charge in [-0.25, -0.2) is 8.42 Å². The Hall–Kier alpha value is -0.920. The van der Waals surface area contributed by atoms with E-state index in [1.54, 1.807) is 29.2 Å². The van der Waals surface area contributed by atoms with Crippen LogP contribution in [0.1, 0.15) is 25.7 Å². The summed E-state index contributed by atoms with van der Waals surface area (Å²) in [5, 5.41) is 0. The van der Waals surface area contributed by atoms with E-state index >= 15 is 0 Å². The number of hydrogen-bond acceptors (Lipinski definition) is 4. The molecule has 2 rings (SSSR count). The Morgan fingerprint density at radius 3 is 2.64 bits per heavy atom. The van der Waals surface area contributed by atoms with Gasteiger partial charge in [-0.15, -0.1) is 0 Å². The molecule has 7 heteroatoms. The lowest BCUT2D eigenvalue weighted by atomic mass is 10.2. The van der Waals surface area contributed by atoms with Crippen LogP contribution in [0.5, 0.6) is 0 Å². The second kappa shape index (κ2) is 7.57. The first-order valence-corrected chi connectivity index (χ1v) is 9.86. The maximum absolute atomic E-state index is 12.2. The molecule has 1 heterocycles. The van der Waals surface area contributed by atoms with Gasteiger partial charge < -0.3 is 10.6 Å². The van der Waals surface area contributed by atoms with Gasteiger partial charge in [0.25, 0.3) is 0 Å². The molecule has 1 fully saturated rings. The molecule has 22 heavy (non-hydrogen) atoms. The third-order valence-electron chi connectivity index (χ3n) is 3.95. The Morgan fingerprint density at radius 2 is 2.00 bits per heavy atom. The fourth-order valence-electron chi connectivity index (χ4n) is 2.73. The highest BCUT2D eigenvalue weighted by Gasteiger charge is 2.27. The van der Waals surface area contributed by atoms with Crippen LogP contribution in [0.3, 0.4) is 0 Å². The summed E-state index contributed by atoms with van der Waals surface area (Å²) in [6.45, 7) is 1.21. The van der Waals surface area contributed by atoms with Crippen molar-refractivity contribution in [1.29, 1.82) is 0 Å². The second-order valence-corrected chi connectivity index (χ2v) is 8.52. The number of hydrogen-bond donors (Lipinski definition) is 1. The zero-order valence-corrected chi connectivity index (χ0v) is 14.8. The lowest BCUT2D eigenvalue weighted by Crippen LogP contribution is -2.39. The summed E-state index contributed by atoms with van der Waals surface area (Å²) < 4.78 is 25.2. The van der Waals surface area contributed by atoms with Gasteiger partial charge in [0.1, 0.15) is 0 Å². The Kier molecular flexibility index (Phi) is 6.00. The van der Waals surface area contributed by atoms with Gasteiger partial charge in [0, 0.05) is 30.0 Å².